The first-order valence-electron chi connectivity index (χ1n) is 6.17. The van der Waals surface area contributed by atoms with E-state index in [1.54, 1.807) is 0 Å². The van der Waals surface area contributed by atoms with Gasteiger partial charge in [0.15, 0.2) is 5.69 Å². The van der Waals surface area contributed by atoms with E-state index in [4.69, 9.17) is 5.84 Å². The molecule has 0 spiro atoms. The Labute approximate surface area is 108 Å². The molecule has 104 valence electrons. The molecular formula is C11H14F3N5. The van der Waals surface area contributed by atoms with Gasteiger partial charge in [-0.2, -0.15) is 18.2 Å². The molecule has 1 saturated carbocycles. The third kappa shape index (κ3) is 2.20. The first-order chi connectivity index (χ1) is 8.97. The van der Waals surface area contributed by atoms with Crippen LogP contribution in [0.25, 0.3) is 0 Å². The second-order valence-corrected chi connectivity index (χ2v) is 5.06. The van der Waals surface area contributed by atoms with Crippen LogP contribution in [0.4, 0.5) is 24.9 Å². The maximum Gasteiger partial charge on any atom is 0.433 e. The van der Waals surface area contributed by atoms with E-state index in [0.717, 1.165) is 31.9 Å². The highest BCUT2D eigenvalue weighted by molar-refractivity contribution is 5.48. The van der Waals surface area contributed by atoms with Crippen LogP contribution in [-0.4, -0.2) is 22.6 Å². The zero-order valence-electron chi connectivity index (χ0n) is 10.1. The van der Waals surface area contributed by atoms with E-state index in [9.17, 15) is 13.2 Å². The fraction of sp³-hybridized carbons (Fsp3) is 0.636. The molecule has 0 aromatic carbocycles. The van der Waals surface area contributed by atoms with Crippen molar-refractivity contribution < 1.29 is 13.2 Å². The summed E-state index contributed by atoms with van der Waals surface area (Å²) in [6.07, 6.45) is -1.29. The van der Waals surface area contributed by atoms with Crippen molar-refractivity contribution in [3.63, 3.8) is 0 Å². The Kier molecular flexibility index (Phi) is 2.77. The second kappa shape index (κ2) is 4.22. The fourth-order valence-corrected chi connectivity index (χ4v) is 3.00. The number of nitrogens with one attached hydrogen (secondary N) is 1. The summed E-state index contributed by atoms with van der Waals surface area (Å²) in [6.45, 7) is 0.767. The van der Waals surface area contributed by atoms with Crippen LogP contribution in [-0.2, 0) is 6.18 Å². The highest BCUT2D eigenvalue weighted by atomic mass is 19.4. The van der Waals surface area contributed by atoms with E-state index >= 15 is 0 Å². The topological polar surface area (TPSA) is 67.1 Å². The fourth-order valence-electron chi connectivity index (χ4n) is 3.00. The molecule has 2 fully saturated rings. The van der Waals surface area contributed by atoms with Crippen LogP contribution in [0.5, 0.6) is 0 Å². The molecule has 5 nitrogen and oxygen atoms in total. The smallest absolute Gasteiger partial charge is 0.353 e. The van der Waals surface area contributed by atoms with Crippen LogP contribution >= 0.6 is 0 Å². The van der Waals surface area contributed by atoms with Crippen molar-refractivity contribution in [2.75, 3.05) is 16.9 Å². The van der Waals surface area contributed by atoms with Gasteiger partial charge < -0.3 is 4.90 Å². The van der Waals surface area contributed by atoms with E-state index in [2.05, 4.69) is 15.4 Å². The second-order valence-electron chi connectivity index (χ2n) is 5.06. The highest BCUT2D eigenvalue weighted by Gasteiger charge is 2.40. The maximum atomic E-state index is 12.8. The van der Waals surface area contributed by atoms with E-state index in [0.29, 0.717) is 17.8 Å². The lowest BCUT2D eigenvalue weighted by Crippen LogP contribution is -2.33. The molecule has 2 bridgehead atoms. The van der Waals surface area contributed by atoms with Crippen LogP contribution in [0.15, 0.2) is 6.07 Å². The lowest BCUT2D eigenvalue weighted by Gasteiger charge is -2.28. The lowest BCUT2D eigenvalue weighted by atomic mass is 10.1. The van der Waals surface area contributed by atoms with Gasteiger partial charge in [-0.05, 0) is 25.2 Å². The average Bonchev–Trinajstić information content (AvgIpc) is 2.99. The Balaban J connectivity index is 1.97. The average molecular weight is 273 g/mol. The highest BCUT2D eigenvalue weighted by Crippen LogP contribution is 2.40. The Morgan fingerprint density at radius 2 is 2.11 bits per heavy atom. The number of hydrazine groups is 1. The van der Waals surface area contributed by atoms with Crippen molar-refractivity contribution in [2.24, 2.45) is 11.8 Å². The number of nitrogens with zero attached hydrogens (tertiary/aromatic N) is 3. The molecule has 2 heterocycles. The summed E-state index contributed by atoms with van der Waals surface area (Å²) in [5.41, 5.74) is 1.13. The van der Waals surface area contributed by atoms with Gasteiger partial charge in [-0.3, -0.25) is 5.43 Å². The Morgan fingerprint density at radius 1 is 1.32 bits per heavy atom. The number of alkyl halides is 3. The van der Waals surface area contributed by atoms with Crippen LogP contribution in [0.2, 0.25) is 0 Å². The molecule has 1 aliphatic carbocycles. The number of piperidine rings is 1. The molecule has 0 amide bonds. The first-order valence-corrected chi connectivity index (χ1v) is 6.17. The van der Waals surface area contributed by atoms with Gasteiger partial charge in [0.1, 0.15) is 5.82 Å². The quantitative estimate of drug-likeness (QED) is 0.635. The number of hydrogen-bond acceptors (Lipinski definition) is 5. The van der Waals surface area contributed by atoms with Gasteiger partial charge in [-0.15, -0.1) is 0 Å². The summed E-state index contributed by atoms with van der Waals surface area (Å²) in [4.78, 5) is 9.34. The molecule has 19 heavy (non-hydrogen) atoms. The number of rotatable bonds is 2. The minimum absolute atomic E-state index is 0.201. The number of nitrogen functional groups attached to an aromatic ring is 1. The number of hydrogen-bond donors (Lipinski definition) is 2. The number of fused-ring (bicyclic) bond motifs is 2. The monoisotopic (exact) mass is 273 g/mol. The SMILES string of the molecule is NNc1nc(N2CC3CCC2C3)cc(C(F)(F)F)n1. The van der Waals surface area contributed by atoms with Crippen LogP contribution in [0.3, 0.4) is 0 Å². The lowest BCUT2D eigenvalue weighted by molar-refractivity contribution is -0.141. The summed E-state index contributed by atoms with van der Waals surface area (Å²) in [5.74, 6) is 5.82. The first kappa shape index (κ1) is 12.5. The summed E-state index contributed by atoms with van der Waals surface area (Å²) < 4.78 is 38.3. The summed E-state index contributed by atoms with van der Waals surface area (Å²) in [5, 5.41) is 0. The zero-order valence-corrected chi connectivity index (χ0v) is 10.1. The van der Waals surface area contributed by atoms with Gasteiger partial charge in [0.25, 0.3) is 0 Å². The van der Waals surface area contributed by atoms with E-state index in [-0.39, 0.29) is 5.95 Å². The summed E-state index contributed by atoms with van der Waals surface area (Å²) in [6, 6.07) is 1.30. The van der Waals surface area contributed by atoms with Crippen molar-refractivity contribution in [1.29, 1.82) is 0 Å². The Hall–Kier alpha value is -1.57. The molecule has 0 radical (unpaired) electrons. The molecule has 3 rings (SSSR count). The van der Waals surface area contributed by atoms with Crippen LogP contribution in [0, 0.1) is 5.92 Å². The molecule has 2 unspecified atom stereocenters. The minimum atomic E-state index is -4.50. The van der Waals surface area contributed by atoms with E-state index in [1.807, 2.05) is 4.90 Å². The standard InChI is InChI=1S/C11H14F3N5/c12-11(13,14)8-4-9(17-10(16-8)18-15)19-5-6-1-2-7(19)3-6/h4,6-7H,1-3,5,15H2,(H,16,17,18). The molecule has 1 aliphatic heterocycles. The molecule has 1 aromatic heterocycles. The molecule has 1 aromatic rings. The normalized spacial score (nSPS) is 26.0. The van der Waals surface area contributed by atoms with Crippen molar-refractivity contribution >= 4 is 11.8 Å². The van der Waals surface area contributed by atoms with Crippen molar-refractivity contribution in [3.05, 3.63) is 11.8 Å². The summed E-state index contributed by atoms with van der Waals surface area (Å²) in [7, 11) is 0. The van der Waals surface area contributed by atoms with Crippen molar-refractivity contribution in [3.8, 4) is 0 Å². The number of aromatic nitrogens is 2. The maximum absolute atomic E-state index is 12.8. The molecule has 1 saturated heterocycles. The predicted octanol–water partition coefficient (Wildman–Crippen LogP) is 1.77. The van der Waals surface area contributed by atoms with Crippen LogP contribution < -0.4 is 16.2 Å². The van der Waals surface area contributed by atoms with Gasteiger partial charge in [0.05, 0.1) is 0 Å². The largest absolute Gasteiger partial charge is 0.433 e. The molecule has 8 heteroatoms. The van der Waals surface area contributed by atoms with Gasteiger partial charge >= 0.3 is 6.18 Å². The van der Waals surface area contributed by atoms with Gasteiger partial charge in [-0.1, -0.05) is 0 Å². The Bertz CT molecular complexity index is 490. The number of anilines is 2. The number of nitrogens with two attached hydrogens (primary N) is 1. The summed E-state index contributed by atoms with van der Waals surface area (Å²) >= 11 is 0. The van der Waals surface area contributed by atoms with Gasteiger partial charge in [-0.25, -0.2) is 10.8 Å². The third-order valence-corrected chi connectivity index (χ3v) is 3.84. The molecule has 2 aliphatic rings. The minimum Gasteiger partial charge on any atom is -0.353 e. The molecule has 2 atom stereocenters. The molecule has 3 N–H and O–H groups in total. The van der Waals surface area contributed by atoms with Crippen molar-refractivity contribution in [2.45, 2.75) is 31.5 Å². The Morgan fingerprint density at radius 3 is 2.63 bits per heavy atom. The third-order valence-electron chi connectivity index (χ3n) is 3.84. The zero-order chi connectivity index (χ0) is 13.6. The predicted molar refractivity (Wildman–Crippen MR) is 63.3 cm³/mol. The number of halogens is 3. The van der Waals surface area contributed by atoms with Crippen molar-refractivity contribution in [1.82, 2.24) is 9.97 Å². The van der Waals surface area contributed by atoms with Gasteiger partial charge in [0, 0.05) is 18.7 Å². The van der Waals surface area contributed by atoms with Crippen LogP contribution in [0.1, 0.15) is 25.0 Å². The van der Waals surface area contributed by atoms with E-state index in [1.165, 1.54) is 0 Å². The van der Waals surface area contributed by atoms with E-state index < -0.39 is 11.9 Å². The van der Waals surface area contributed by atoms with Gasteiger partial charge in [0.2, 0.25) is 5.95 Å². The molecular weight excluding hydrogens is 259 g/mol.